The van der Waals surface area contributed by atoms with Crippen molar-refractivity contribution in [3.05, 3.63) is 142 Å². The molecule has 13 N–H and O–H groups in total. The maximum atomic E-state index is 15.4. The van der Waals surface area contributed by atoms with Gasteiger partial charge in [0, 0.05) is 84.8 Å². The van der Waals surface area contributed by atoms with Crippen molar-refractivity contribution in [2.24, 2.45) is 17.4 Å². The minimum absolute atomic E-state index is 0.0233. The molecule has 4 aromatic carbocycles. The number of nitrogens with zero attached hydrogens (tertiary/aromatic N) is 2. The molecule has 3 aliphatic heterocycles. The summed E-state index contributed by atoms with van der Waals surface area (Å²) in [7, 11) is 0. The van der Waals surface area contributed by atoms with E-state index < -0.39 is 137 Å². The number of phenolic OH excluding ortho intramolecular Hbond substituents is 1. The maximum absolute atomic E-state index is 15.4. The van der Waals surface area contributed by atoms with Crippen LogP contribution in [0.25, 0.3) is 16.5 Å². The van der Waals surface area contributed by atoms with Gasteiger partial charge < -0.3 is 68.4 Å². The summed E-state index contributed by atoms with van der Waals surface area (Å²) in [4.78, 5) is 151. The number of fused-ring (bicyclic) bond motifs is 6. The number of aliphatic hydroxyl groups excluding tert-OH is 1. The van der Waals surface area contributed by atoms with Crippen LogP contribution in [0.4, 0.5) is 8.78 Å². The zero-order valence-electron chi connectivity index (χ0n) is 55.2. The number of hydrogen-bond acceptors (Lipinski definition) is 15. The number of phenols is 1. The van der Waals surface area contributed by atoms with E-state index in [-0.39, 0.29) is 76.0 Å². The summed E-state index contributed by atoms with van der Waals surface area (Å²) in [5.41, 5.74) is 15.2. The van der Waals surface area contributed by atoms with Crippen molar-refractivity contribution in [1.29, 1.82) is 0 Å². The molecule has 9 rings (SSSR count). The zero-order valence-corrected chi connectivity index (χ0v) is 56.8. The van der Waals surface area contributed by atoms with E-state index in [4.69, 9.17) is 11.5 Å². The van der Waals surface area contributed by atoms with Gasteiger partial charge in [-0.05, 0) is 167 Å². The molecule has 0 radical (unpaired) electrons. The predicted molar refractivity (Wildman–Crippen MR) is 368 cm³/mol. The molecule has 4 aliphatic rings. The molecule has 0 spiro atoms. The van der Waals surface area contributed by atoms with E-state index in [1.165, 1.54) is 102 Å². The molecule has 0 unspecified atom stereocenters. The molecule has 27 heteroatoms. The fourth-order valence-electron chi connectivity index (χ4n) is 13.2. The van der Waals surface area contributed by atoms with Crippen molar-refractivity contribution < 1.29 is 66.9 Å². The monoisotopic (exact) mass is 1390 g/mol. The van der Waals surface area contributed by atoms with Crippen molar-refractivity contribution in [3.8, 4) is 5.75 Å². The largest absolute Gasteiger partial charge is 0.508 e. The molecule has 1 aromatic heterocycles. The lowest BCUT2D eigenvalue weighted by Crippen LogP contribution is -2.64. The van der Waals surface area contributed by atoms with Gasteiger partial charge in [0.05, 0.1) is 12.1 Å². The minimum atomic E-state index is -1.75. The third kappa shape index (κ3) is 18.8. The Bertz CT molecular complexity index is 3820. The number of nitrogens with one attached hydrogen (secondary N) is 7. The number of unbranched alkanes of at least 4 members (excludes halogenated alkanes) is 1. The van der Waals surface area contributed by atoms with Crippen molar-refractivity contribution in [3.63, 3.8) is 0 Å². The second-order valence-electron chi connectivity index (χ2n) is 26.0. The fraction of sp³-hybridized carbons (Fsp3) is 0.465. The summed E-state index contributed by atoms with van der Waals surface area (Å²) in [6, 6.07) is 12.4. The molecule has 1 aliphatic carbocycles. The van der Waals surface area contributed by atoms with Gasteiger partial charge >= 0.3 is 0 Å². The Morgan fingerprint density at radius 3 is 2.20 bits per heavy atom. The zero-order chi connectivity index (χ0) is 70.4. The Kier molecular flexibility index (Phi) is 25.3. The molecule has 2 bridgehead atoms. The molecule has 98 heavy (non-hydrogen) atoms. The number of halogens is 2. The normalized spacial score (nSPS) is 25.4. The highest BCUT2D eigenvalue weighted by molar-refractivity contribution is 7.98. The van der Waals surface area contributed by atoms with Gasteiger partial charge in [0.25, 0.3) is 0 Å². The Hall–Kier alpha value is -8.66. The maximum Gasteiger partial charge on any atom is 0.246 e. The predicted octanol–water partition coefficient (Wildman–Crippen LogP) is 4.41. The first kappa shape index (κ1) is 73.6. The Morgan fingerprint density at radius 2 is 1.47 bits per heavy atom. The Morgan fingerprint density at radius 1 is 0.755 bits per heavy atom. The van der Waals surface area contributed by atoms with E-state index >= 15 is 18.8 Å². The first-order valence-corrected chi connectivity index (χ1v) is 35.6. The lowest BCUT2D eigenvalue weighted by molar-refractivity contribution is -0.147. The summed E-state index contributed by atoms with van der Waals surface area (Å²) in [6.07, 6.45) is 3.11. The minimum Gasteiger partial charge on any atom is -0.508 e. The molecule has 23 nitrogen and oxygen atoms in total. The molecule has 2 fully saturated rings. The number of primary amides is 1. The number of amides is 9. The van der Waals surface area contributed by atoms with Crippen molar-refractivity contribution in [2.45, 2.75) is 170 Å². The SMILES string of the molecule is C[C@H]1NC(=O)[C@H](CCCCN)NC(=O)CCSCc2cccc(c2)CSC[C@@H](C(N)=O)NC(=O)[C@]2(C)CCCN2C(=O)[C@H](Cc2ccc(O)cc2)NC(=O)[C@H]([C@@H](C)O)NC(=O)[C@@H]2CCCN2C(=O)[C@H](CC2=CCc3ccc(F)cc32)NC(=O)[C@H](Cc2c[nH]c3ccc(F)cc23)CC1=O. The highest BCUT2D eigenvalue weighted by Crippen LogP contribution is 2.35. The van der Waals surface area contributed by atoms with Crippen LogP contribution in [-0.4, -0.2) is 169 Å². The quantitative estimate of drug-likeness (QED) is 0.0771. The number of benzene rings is 4. The third-order valence-corrected chi connectivity index (χ3v) is 20.8. The van der Waals surface area contributed by atoms with Gasteiger partial charge in [-0.2, -0.15) is 23.5 Å². The lowest BCUT2D eigenvalue weighted by Gasteiger charge is -2.37. The number of rotatable bonds is 12. The number of thioether (sulfide) groups is 2. The Labute approximate surface area is 575 Å². The number of allylic oxidation sites excluding steroid dienone is 1. The summed E-state index contributed by atoms with van der Waals surface area (Å²) >= 11 is 2.84. The van der Waals surface area contributed by atoms with Gasteiger partial charge in [-0.1, -0.05) is 48.5 Å². The van der Waals surface area contributed by atoms with Crippen LogP contribution in [0.15, 0.2) is 97.2 Å². The number of nitrogens with two attached hydrogens (primary N) is 2. The highest BCUT2D eigenvalue weighted by atomic mass is 32.2. The summed E-state index contributed by atoms with van der Waals surface area (Å²) in [5.74, 6) is -8.38. The highest BCUT2D eigenvalue weighted by Gasteiger charge is 2.49. The topological polar surface area (TPSA) is 358 Å². The molecular weight excluding hydrogens is 1300 g/mol. The van der Waals surface area contributed by atoms with Crippen LogP contribution >= 0.6 is 23.5 Å². The van der Waals surface area contributed by atoms with E-state index in [0.29, 0.717) is 82.7 Å². The molecule has 5 aromatic rings. The number of carbonyl (C=O) groups excluding carboxylic acids is 10. The van der Waals surface area contributed by atoms with Gasteiger partial charge in [-0.25, -0.2) is 8.78 Å². The van der Waals surface area contributed by atoms with Crippen LogP contribution in [0.1, 0.15) is 118 Å². The van der Waals surface area contributed by atoms with Crippen LogP contribution in [0.3, 0.4) is 0 Å². The molecule has 9 amide bonds. The number of aromatic hydroxyl groups is 1. The van der Waals surface area contributed by atoms with E-state index in [0.717, 1.165) is 16.7 Å². The van der Waals surface area contributed by atoms with Crippen molar-refractivity contribution in [1.82, 2.24) is 46.7 Å². The van der Waals surface area contributed by atoms with Crippen LogP contribution in [0.5, 0.6) is 5.75 Å². The van der Waals surface area contributed by atoms with Crippen LogP contribution in [0.2, 0.25) is 0 Å². The molecule has 2 saturated heterocycles. The molecular formula is C71H87F2N11O12S2. The average Bonchev–Trinajstić information content (AvgIpc) is 1.59. The first-order valence-electron chi connectivity index (χ1n) is 33.3. The lowest BCUT2D eigenvalue weighted by atomic mass is 9.90. The third-order valence-electron chi connectivity index (χ3n) is 18.7. The van der Waals surface area contributed by atoms with Crippen LogP contribution < -0.4 is 43.4 Å². The number of aliphatic hydroxyl groups is 1. The fourth-order valence-corrected chi connectivity index (χ4v) is 15.1. The number of aromatic nitrogens is 1. The van der Waals surface area contributed by atoms with Crippen molar-refractivity contribution >= 4 is 98.9 Å². The Balaban J connectivity index is 1.04. The molecule has 0 saturated carbocycles. The van der Waals surface area contributed by atoms with E-state index in [1.54, 1.807) is 25.3 Å². The second kappa shape index (κ2) is 33.7. The van der Waals surface area contributed by atoms with Gasteiger partial charge in [0.15, 0.2) is 5.78 Å². The van der Waals surface area contributed by atoms with Crippen molar-refractivity contribution in [2.75, 3.05) is 31.1 Å². The van der Waals surface area contributed by atoms with Gasteiger partial charge in [-0.15, -0.1) is 0 Å². The average molecular weight is 1390 g/mol. The molecule has 10 atom stereocenters. The smallest absolute Gasteiger partial charge is 0.246 e. The number of Topliss-reactive ketones (excluding diaryl/α,β-unsaturated/α-hetero) is 1. The number of aromatic amines is 1. The summed E-state index contributed by atoms with van der Waals surface area (Å²) < 4.78 is 29.9. The van der Waals surface area contributed by atoms with E-state index in [1.807, 2.05) is 24.3 Å². The number of carbonyl (C=O) groups is 10. The van der Waals surface area contributed by atoms with Gasteiger partial charge in [-0.3, -0.25) is 47.9 Å². The second-order valence-corrected chi connectivity index (χ2v) is 28.1. The number of hydrogen-bond donors (Lipinski definition) is 11. The van der Waals surface area contributed by atoms with Gasteiger partial charge in [0.1, 0.15) is 59.2 Å². The van der Waals surface area contributed by atoms with Crippen LogP contribution in [0, 0.1) is 17.6 Å². The van der Waals surface area contributed by atoms with Crippen LogP contribution in [-0.2, 0) is 78.7 Å². The van der Waals surface area contributed by atoms with E-state index in [9.17, 15) is 48.2 Å². The first-order chi connectivity index (χ1) is 46.9. The summed E-state index contributed by atoms with van der Waals surface area (Å²) in [6.45, 7) is 4.61. The molecule has 524 valence electrons. The standard InChI is InChI=1S/C71H87F2N11O12S2/c1-40-60(87)33-47(31-48-36-76-54-22-19-50(73)35-53(48)54)64(90)79-57(32-46-16-15-45-17-18-49(72)34-52(45)46)68(94)83-26-7-12-59(83)66(92)82-62(41(2)85)67(93)80-56(30-42-13-20-51(86)21-14-42)69(95)84-27-8-24-71(84,3)70(96)81-58(63(75)89)39-98-38-44-10-6-9-43(29-44)37-97-28-23-61(88)78-55(65(91)77-40)11-4-5-25-74/h6,9-10,13-14,16-22,29,34-36,40-41,47,55-59,62,76,85-86H,4-5,7-8,11-12,15,23-28,30-33,37-39,74H2,1-3H3,(H2,75,89)(H,77,91)(H,78,88)(H,79,90)(H,80,93)(H,81,96)(H,82,92)/t40-,41-,47-,55+,56+,57+,58+,59+,62+,71+/m1/s1. The molecule has 4 heterocycles. The summed E-state index contributed by atoms with van der Waals surface area (Å²) in [5, 5.41) is 38.5. The van der Waals surface area contributed by atoms with E-state index in [2.05, 4.69) is 36.9 Å². The number of H-pyrrole nitrogens is 1. The van der Waals surface area contributed by atoms with Gasteiger partial charge in [0.2, 0.25) is 53.2 Å². The number of ketones is 1.